The second-order valence-corrected chi connectivity index (χ2v) is 5.22. The summed E-state index contributed by atoms with van der Waals surface area (Å²) in [6.07, 6.45) is 0. The number of hydrogen-bond donors (Lipinski definition) is 2. The van der Waals surface area contributed by atoms with E-state index in [1.807, 2.05) is 0 Å². The van der Waals surface area contributed by atoms with Crippen LogP contribution in [-0.4, -0.2) is 31.2 Å². The normalized spacial score (nSPS) is 41.1. The number of hydrogen-bond acceptors (Lipinski definition) is 3. The van der Waals surface area contributed by atoms with Gasteiger partial charge in [-0.15, -0.1) is 0 Å². The lowest BCUT2D eigenvalue weighted by Crippen LogP contribution is -2.65. The molecule has 0 spiro atoms. The summed E-state index contributed by atoms with van der Waals surface area (Å²) in [6, 6.07) is -0.0154. The van der Waals surface area contributed by atoms with Gasteiger partial charge in [-0.1, -0.05) is 0 Å². The van der Waals surface area contributed by atoms with Crippen LogP contribution >= 0.6 is 12.6 Å². The zero-order valence-corrected chi connectivity index (χ0v) is 6.66. The van der Waals surface area contributed by atoms with Gasteiger partial charge < -0.3 is 5.73 Å². The van der Waals surface area contributed by atoms with Gasteiger partial charge in [-0.25, -0.2) is 8.42 Å². The van der Waals surface area contributed by atoms with Gasteiger partial charge in [0, 0.05) is 0 Å². The fraction of sp³-hybridized carbons (Fsp3) is 1.00. The van der Waals surface area contributed by atoms with E-state index in [9.17, 15) is 8.42 Å². The van der Waals surface area contributed by atoms with Gasteiger partial charge in [-0.2, -0.15) is 12.6 Å². The molecular formula is C4H10NO2S2+. The first kappa shape index (κ1) is 7.37. The summed E-state index contributed by atoms with van der Waals surface area (Å²) < 4.78 is 21.5. The SMILES string of the molecule is [NH3+]C1CS(=O)(=O)CC1S. The fourth-order valence-corrected chi connectivity index (χ4v) is 3.64. The van der Waals surface area contributed by atoms with Crippen LogP contribution in [0.3, 0.4) is 0 Å². The predicted molar refractivity (Wildman–Crippen MR) is 38.1 cm³/mol. The van der Waals surface area contributed by atoms with E-state index in [-0.39, 0.29) is 22.8 Å². The van der Waals surface area contributed by atoms with Gasteiger partial charge in [0.05, 0.1) is 11.0 Å². The van der Waals surface area contributed by atoms with Crippen molar-refractivity contribution in [1.82, 2.24) is 0 Å². The monoisotopic (exact) mass is 168 g/mol. The van der Waals surface area contributed by atoms with Crippen molar-refractivity contribution < 1.29 is 14.2 Å². The molecule has 0 aromatic heterocycles. The van der Waals surface area contributed by atoms with Crippen molar-refractivity contribution in [3.05, 3.63) is 0 Å². The minimum absolute atomic E-state index is 0.0154. The smallest absolute Gasteiger partial charge is 0.157 e. The molecule has 9 heavy (non-hydrogen) atoms. The Morgan fingerprint density at radius 3 is 2.11 bits per heavy atom. The minimum Gasteiger partial charge on any atom is -0.353 e. The highest BCUT2D eigenvalue weighted by atomic mass is 32.2. The number of thiol groups is 1. The van der Waals surface area contributed by atoms with Crippen LogP contribution in [0.2, 0.25) is 0 Å². The van der Waals surface area contributed by atoms with E-state index in [1.165, 1.54) is 0 Å². The lowest BCUT2D eigenvalue weighted by molar-refractivity contribution is -0.408. The quantitative estimate of drug-likeness (QED) is 0.425. The third-order valence-corrected chi connectivity index (χ3v) is 4.09. The van der Waals surface area contributed by atoms with Crippen molar-refractivity contribution >= 4 is 22.5 Å². The molecule has 2 unspecified atom stereocenters. The van der Waals surface area contributed by atoms with Gasteiger partial charge in [0.2, 0.25) is 0 Å². The molecule has 3 N–H and O–H groups in total. The van der Waals surface area contributed by atoms with Crippen LogP contribution in [0.25, 0.3) is 0 Å². The molecule has 1 aliphatic heterocycles. The van der Waals surface area contributed by atoms with Gasteiger partial charge in [0.25, 0.3) is 0 Å². The first-order valence-corrected chi connectivity index (χ1v) is 5.06. The molecule has 2 atom stereocenters. The van der Waals surface area contributed by atoms with Crippen LogP contribution in [0.15, 0.2) is 0 Å². The Labute approximate surface area is 59.9 Å². The highest BCUT2D eigenvalue weighted by Crippen LogP contribution is 2.13. The molecule has 5 heteroatoms. The fourth-order valence-electron chi connectivity index (χ4n) is 0.902. The van der Waals surface area contributed by atoms with Crippen molar-refractivity contribution in [2.24, 2.45) is 0 Å². The van der Waals surface area contributed by atoms with Crippen molar-refractivity contribution in [1.29, 1.82) is 0 Å². The van der Waals surface area contributed by atoms with Crippen LogP contribution < -0.4 is 5.73 Å². The van der Waals surface area contributed by atoms with E-state index >= 15 is 0 Å². The predicted octanol–water partition coefficient (Wildman–Crippen LogP) is -1.68. The van der Waals surface area contributed by atoms with E-state index in [0.29, 0.717) is 0 Å². The second kappa shape index (κ2) is 2.14. The van der Waals surface area contributed by atoms with Crippen molar-refractivity contribution in [2.75, 3.05) is 11.5 Å². The van der Waals surface area contributed by atoms with E-state index in [2.05, 4.69) is 18.4 Å². The highest BCUT2D eigenvalue weighted by Gasteiger charge is 2.35. The third-order valence-electron chi connectivity index (χ3n) is 1.44. The molecule has 1 aliphatic rings. The molecule has 0 saturated carbocycles. The standard InChI is InChI=1S/C4H9NO2S2/c5-3-1-9(6,7)2-4(3)8/h3-4,8H,1-2,5H2/p+1. The zero-order chi connectivity index (χ0) is 7.07. The average molecular weight is 168 g/mol. The largest absolute Gasteiger partial charge is 0.353 e. The summed E-state index contributed by atoms with van der Waals surface area (Å²) >= 11 is 4.06. The van der Waals surface area contributed by atoms with Gasteiger partial charge in [0.15, 0.2) is 9.84 Å². The molecule has 0 aliphatic carbocycles. The molecule has 0 amide bonds. The zero-order valence-electron chi connectivity index (χ0n) is 4.95. The summed E-state index contributed by atoms with van der Waals surface area (Å²) in [7, 11) is -2.78. The van der Waals surface area contributed by atoms with Gasteiger partial charge in [-0.05, 0) is 0 Å². The maximum atomic E-state index is 10.8. The molecule has 1 rings (SSSR count). The molecule has 0 aromatic rings. The minimum atomic E-state index is -2.78. The van der Waals surface area contributed by atoms with Crippen molar-refractivity contribution in [3.63, 3.8) is 0 Å². The van der Waals surface area contributed by atoms with E-state index in [4.69, 9.17) is 0 Å². The van der Waals surface area contributed by atoms with Crippen LogP contribution in [0.4, 0.5) is 0 Å². The van der Waals surface area contributed by atoms with E-state index in [1.54, 1.807) is 0 Å². The van der Waals surface area contributed by atoms with Gasteiger partial charge >= 0.3 is 0 Å². The molecule has 0 radical (unpaired) electrons. The highest BCUT2D eigenvalue weighted by molar-refractivity contribution is 7.93. The average Bonchev–Trinajstić information content (AvgIpc) is 1.79. The van der Waals surface area contributed by atoms with Gasteiger partial charge in [0.1, 0.15) is 11.8 Å². The van der Waals surface area contributed by atoms with Gasteiger partial charge in [-0.3, -0.25) is 0 Å². The maximum Gasteiger partial charge on any atom is 0.157 e. The Hall–Kier alpha value is 0.260. The van der Waals surface area contributed by atoms with Crippen LogP contribution in [0.5, 0.6) is 0 Å². The first-order valence-electron chi connectivity index (χ1n) is 2.73. The molecule has 0 aromatic carbocycles. The second-order valence-electron chi connectivity index (χ2n) is 2.40. The van der Waals surface area contributed by atoms with E-state index < -0.39 is 9.84 Å². The number of sulfone groups is 1. The summed E-state index contributed by atoms with van der Waals surface area (Å²) in [5.74, 6) is 0.408. The molecule has 3 nitrogen and oxygen atoms in total. The summed E-state index contributed by atoms with van der Waals surface area (Å²) in [5.41, 5.74) is 3.66. The topological polar surface area (TPSA) is 61.8 Å². The lowest BCUT2D eigenvalue weighted by atomic mass is 10.3. The van der Waals surface area contributed by atoms with Crippen LogP contribution in [-0.2, 0) is 9.84 Å². The van der Waals surface area contributed by atoms with E-state index in [0.717, 1.165) is 0 Å². The number of quaternary nitrogens is 1. The summed E-state index contributed by atoms with van der Waals surface area (Å²) in [6.45, 7) is 0. The molecule has 1 heterocycles. The molecule has 54 valence electrons. The molecule has 1 fully saturated rings. The Morgan fingerprint density at radius 1 is 1.44 bits per heavy atom. The van der Waals surface area contributed by atoms with Crippen LogP contribution in [0, 0.1) is 0 Å². The Bertz CT molecular complexity index is 183. The molecule has 0 bridgehead atoms. The Morgan fingerprint density at radius 2 is 2.00 bits per heavy atom. The first-order chi connectivity index (χ1) is 4.01. The Kier molecular flexibility index (Phi) is 1.75. The summed E-state index contributed by atoms with van der Waals surface area (Å²) in [4.78, 5) is 0. The number of rotatable bonds is 0. The van der Waals surface area contributed by atoms with Crippen LogP contribution in [0.1, 0.15) is 0 Å². The van der Waals surface area contributed by atoms with Crippen molar-refractivity contribution in [2.45, 2.75) is 11.3 Å². The molecule has 1 saturated heterocycles. The summed E-state index contributed by atoms with van der Waals surface area (Å²) in [5, 5.41) is -0.0463. The maximum absolute atomic E-state index is 10.8. The molecular weight excluding hydrogens is 158 g/mol. The lowest BCUT2D eigenvalue weighted by Gasteiger charge is -1.98. The third kappa shape index (κ3) is 1.59. The van der Waals surface area contributed by atoms with Crippen molar-refractivity contribution in [3.8, 4) is 0 Å². The Balaban J connectivity index is 2.77.